The van der Waals surface area contributed by atoms with Gasteiger partial charge in [-0.05, 0) is 18.9 Å². The van der Waals surface area contributed by atoms with Gasteiger partial charge in [-0.3, -0.25) is 0 Å². The largest absolute Gasteiger partial charge is 0.326 e. The lowest BCUT2D eigenvalue weighted by molar-refractivity contribution is 0.458. The van der Waals surface area contributed by atoms with Gasteiger partial charge in [0.15, 0.2) is 0 Å². The predicted molar refractivity (Wildman–Crippen MR) is 78.2 cm³/mol. The minimum Gasteiger partial charge on any atom is -0.326 e. The van der Waals surface area contributed by atoms with E-state index in [2.05, 4.69) is 45.7 Å². The van der Waals surface area contributed by atoms with Crippen molar-refractivity contribution in [3.8, 4) is 0 Å². The average Bonchev–Trinajstić information content (AvgIpc) is 3.01. The molecule has 2 rings (SSSR count). The summed E-state index contributed by atoms with van der Waals surface area (Å²) in [6.07, 6.45) is 6.59. The number of hydrogen-bond donors (Lipinski definition) is 1. The van der Waals surface area contributed by atoms with E-state index in [0.717, 1.165) is 44.2 Å². The van der Waals surface area contributed by atoms with Crippen molar-refractivity contribution in [2.24, 2.45) is 5.92 Å². The monoisotopic (exact) mass is 276 g/mol. The number of aromatic nitrogens is 5. The molecular weight excluding hydrogens is 252 g/mol. The van der Waals surface area contributed by atoms with E-state index < -0.39 is 0 Å². The van der Waals surface area contributed by atoms with Gasteiger partial charge in [0, 0.05) is 18.9 Å². The second kappa shape index (κ2) is 7.19. The van der Waals surface area contributed by atoms with Gasteiger partial charge in [-0.25, -0.2) is 14.6 Å². The first kappa shape index (κ1) is 14.7. The molecule has 110 valence electrons. The molecule has 0 unspecified atom stereocenters. The summed E-state index contributed by atoms with van der Waals surface area (Å²) >= 11 is 0. The average molecular weight is 276 g/mol. The Labute approximate surface area is 120 Å². The lowest BCUT2D eigenvalue weighted by Gasteiger charge is -2.11. The molecule has 0 saturated carbocycles. The molecule has 6 nitrogen and oxygen atoms in total. The van der Waals surface area contributed by atoms with Gasteiger partial charge in [-0.15, -0.1) is 0 Å². The van der Waals surface area contributed by atoms with Crippen molar-refractivity contribution in [2.45, 2.75) is 46.8 Å². The molecule has 6 heteroatoms. The maximum atomic E-state index is 4.40. The third-order valence-corrected chi connectivity index (χ3v) is 3.06. The fourth-order valence-electron chi connectivity index (χ4n) is 2.09. The van der Waals surface area contributed by atoms with Crippen molar-refractivity contribution in [3.63, 3.8) is 0 Å². The summed E-state index contributed by atoms with van der Waals surface area (Å²) in [5.74, 6) is 2.58. The summed E-state index contributed by atoms with van der Waals surface area (Å²) in [7, 11) is 0. The number of nitrogens with zero attached hydrogens (tertiary/aromatic N) is 5. The second-order valence-electron chi connectivity index (χ2n) is 5.40. The molecule has 2 heterocycles. The van der Waals surface area contributed by atoms with Crippen LogP contribution in [-0.2, 0) is 19.6 Å². The van der Waals surface area contributed by atoms with Crippen LogP contribution in [0.1, 0.15) is 38.8 Å². The molecule has 20 heavy (non-hydrogen) atoms. The van der Waals surface area contributed by atoms with E-state index in [-0.39, 0.29) is 0 Å². The Bertz CT molecular complexity index is 513. The summed E-state index contributed by atoms with van der Waals surface area (Å²) in [6.45, 7) is 9.94. The highest BCUT2D eigenvalue weighted by Gasteiger charge is 2.09. The van der Waals surface area contributed by atoms with Crippen molar-refractivity contribution in [1.29, 1.82) is 0 Å². The molecule has 0 amide bonds. The fraction of sp³-hybridized carbons (Fsp3) is 0.643. The van der Waals surface area contributed by atoms with Crippen molar-refractivity contribution in [1.82, 2.24) is 29.6 Å². The van der Waals surface area contributed by atoms with Crippen LogP contribution in [0.25, 0.3) is 0 Å². The first-order valence-corrected chi connectivity index (χ1v) is 7.28. The number of nitrogens with one attached hydrogen (secondary N) is 1. The third-order valence-electron chi connectivity index (χ3n) is 3.06. The Morgan fingerprint density at radius 2 is 2.10 bits per heavy atom. The van der Waals surface area contributed by atoms with Gasteiger partial charge < -0.3 is 9.88 Å². The topological polar surface area (TPSA) is 60.6 Å². The normalized spacial score (nSPS) is 11.4. The molecule has 2 aromatic rings. The molecule has 0 bridgehead atoms. The van der Waals surface area contributed by atoms with E-state index in [9.17, 15) is 0 Å². The summed E-state index contributed by atoms with van der Waals surface area (Å²) in [5.41, 5.74) is 0. The van der Waals surface area contributed by atoms with Crippen LogP contribution in [0.15, 0.2) is 18.7 Å². The molecule has 0 radical (unpaired) electrons. The Morgan fingerprint density at radius 1 is 1.25 bits per heavy atom. The van der Waals surface area contributed by atoms with Crippen LogP contribution in [0.4, 0.5) is 0 Å². The SMILES string of the molecule is CCCNCc1nccn1Cc1ncnn1CC(C)C. The van der Waals surface area contributed by atoms with Crippen LogP contribution < -0.4 is 5.32 Å². The molecule has 0 atom stereocenters. The molecule has 0 aliphatic rings. The molecule has 0 fully saturated rings. The fourth-order valence-corrected chi connectivity index (χ4v) is 2.09. The van der Waals surface area contributed by atoms with E-state index in [0.29, 0.717) is 5.92 Å². The molecule has 0 aliphatic carbocycles. The van der Waals surface area contributed by atoms with Crippen molar-refractivity contribution in [2.75, 3.05) is 6.54 Å². The van der Waals surface area contributed by atoms with Crippen LogP contribution >= 0.6 is 0 Å². The Balaban J connectivity index is 2.03. The summed E-state index contributed by atoms with van der Waals surface area (Å²) in [5, 5.41) is 7.68. The number of hydrogen-bond acceptors (Lipinski definition) is 4. The van der Waals surface area contributed by atoms with Crippen molar-refractivity contribution in [3.05, 3.63) is 30.4 Å². The Morgan fingerprint density at radius 3 is 2.85 bits per heavy atom. The van der Waals surface area contributed by atoms with Gasteiger partial charge in [0.2, 0.25) is 0 Å². The van der Waals surface area contributed by atoms with Gasteiger partial charge in [0.05, 0.1) is 13.1 Å². The molecule has 0 aromatic carbocycles. The van der Waals surface area contributed by atoms with Crippen LogP contribution in [0.2, 0.25) is 0 Å². The van der Waals surface area contributed by atoms with E-state index in [1.165, 1.54) is 0 Å². The molecule has 0 aliphatic heterocycles. The maximum absolute atomic E-state index is 4.40. The van der Waals surface area contributed by atoms with Gasteiger partial charge in [0.1, 0.15) is 18.0 Å². The molecule has 1 N–H and O–H groups in total. The van der Waals surface area contributed by atoms with Gasteiger partial charge >= 0.3 is 0 Å². The molecular formula is C14H24N6. The van der Waals surface area contributed by atoms with Crippen LogP contribution in [-0.4, -0.2) is 30.9 Å². The lowest BCUT2D eigenvalue weighted by atomic mass is 10.2. The summed E-state index contributed by atoms with van der Waals surface area (Å²) in [6, 6.07) is 0. The highest BCUT2D eigenvalue weighted by Crippen LogP contribution is 2.06. The van der Waals surface area contributed by atoms with Crippen LogP contribution in [0.3, 0.4) is 0 Å². The maximum Gasteiger partial charge on any atom is 0.146 e. The Kier molecular flexibility index (Phi) is 5.29. The molecule has 0 spiro atoms. The summed E-state index contributed by atoms with van der Waals surface area (Å²) in [4.78, 5) is 8.77. The molecule has 0 saturated heterocycles. The zero-order valence-electron chi connectivity index (χ0n) is 12.6. The Hall–Kier alpha value is -1.69. The molecule has 2 aromatic heterocycles. The van der Waals surface area contributed by atoms with E-state index in [4.69, 9.17) is 0 Å². The number of rotatable bonds is 8. The second-order valence-corrected chi connectivity index (χ2v) is 5.40. The van der Waals surface area contributed by atoms with Crippen LogP contribution in [0, 0.1) is 5.92 Å². The minimum absolute atomic E-state index is 0.559. The van der Waals surface area contributed by atoms with E-state index in [1.54, 1.807) is 6.33 Å². The zero-order chi connectivity index (χ0) is 14.4. The van der Waals surface area contributed by atoms with Gasteiger partial charge in [-0.1, -0.05) is 20.8 Å². The highest BCUT2D eigenvalue weighted by molar-refractivity contribution is 4.97. The van der Waals surface area contributed by atoms with E-state index >= 15 is 0 Å². The van der Waals surface area contributed by atoms with Gasteiger partial charge in [0.25, 0.3) is 0 Å². The summed E-state index contributed by atoms with van der Waals surface area (Å²) < 4.78 is 4.11. The first-order chi connectivity index (χ1) is 9.70. The lowest BCUT2D eigenvalue weighted by Crippen LogP contribution is -2.19. The third kappa shape index (κ3) is 3.90. The smallest absolute Gasteiger partial charge is 0.146 e. The predicted octanol–water partition coefficient (Wildman–Crippen LogP) is 1.68. The van der Waals surface area contributed by atoms with Crippen LogP contribution in [0.5, 0.6) is 0 Å². The van der Waals surface area contributed by atoms with Gasteiger partial charge in [-0.2, -0.15) is 5.10 Å². The minimum atomic E-state index is 0.559. The number of imidazole rings is 1. The van der Waals surface area contributed by atoms with Crippen molar-refractivity contribution < 1.29 is 0 Å². The standard InChI is InChI=1S/C14H24N6/c1-4-5-15-8-13-16-6-7-19(13)10-14-17-11-18-20(14)9-12(2)3/h6-7,11-12,15H,4-5,8-10H2,1-3H3. The zero-order valence-corrected chi connectivity index (χ0v) is 12.6. The van der Waals surface area contributed by atoms with E-state index in [1.807, 2.05) is 17.1 Å². The highest BCUT2D eigenvalue weighted by atomic mass is 15.3. The quantitative estimate of drug-likeness (QED) is 0.745. The first-order valence-electron chi connectivity index (χ1n) is 7.28. The van der Waals surface area contributed by atoms with Crippen molar-refractivity contribution >= 4 is 0 Å².